The second-order valence-electron chi connectivity index (χ2n) is 6.74. The Balaban J connectivity index is 2.05. The number of nitrogens with zero attached hydrogens (tertiary/aromatic N) is 1. The van der Waals surface area contributed by atoms with Gasteiger partial charge in [-0.05, 0) is 60.8 Å². The van der Waals surface area contributed by atoms with Gasteiger partial charge in [-0.3, -0.25) is 0 Å². The van der Waals surface area contributed by atoms with Crippen LogP contribution < -0.4 is 10.2 Å². The molecule has 1 aliphatic rings. The minimum Gasteiger partial charge on any atom is -0.369 e. The molecule has 1 unspecified atom stereocenters. The maximum Gasteiger partial charge on any atom is 0.0511 e. The Hall–Kier alpha value is -0.190. The molecule has 0 bridgehead atoms. The molecule has 2 nitrogen and oxygen atoms in total. The highest BCUT2D eigenvalue weighted by atomic mass is 79.9. The van der Waals surface area contributed by atoms with Crippen molar-refractivity contribution in [2.75, 3.05) is 23.7 Å². The molecule has 1 aromatic rings. The molecule has 0 radical (unpaired) electrons. The quantitative estimate of drug-likeness (QED) is 0.828. The van der Waals surface area contributed by atoms with E-state index in [1.54, 1.807) is 0 Å². The van der Waals surface area contributed by atoms with Gasteiger partial charge in [-0.2, -0.15) is 11.8 Å². The van der Waals surface area contributed by atoms with Crippen LogP contribution in [-0.4, -0.2) is 29.6 Å². The number of thioether (sulfide) groups is 1. The number of hydrogen-bond acceptors (Lipinski definition) is 3. The molecule has 1 N–H and O–H groups in total. The molecule has 1 saturated heterocycles. The molecule has 1 fully saturated rings. The van der Waals surface area contributed by atoms with Crippen LogP contribution in [0.25, 0.3) is 0 Å². The topological polar surface area (TPSA) is 15.3 Å². The summed E-state index contributed by atoms with van der Waals surface area (Å²) in [6.45, 7) is 12.1. The Morgan fingerprint density at radius 2 is 2.14 bits per heavy atom. The van der Waals surface area contributed by atoms with Crippen LogP contribution in [0.4, 0.5) is 5.69 Å². The fraction of sp³-hybridized carbons (Fsp3) is 0.647. The molecule has 2 rings (SSSR count). The van der Waals surface area contributed by atoms with Crippen LogP contribution in [0, 0.1) is 0 Å². The van der Waals surface area contributed by atoms with Gasteiger partial charge in [0.25, 0.3) is 0 Å². The zero-order valence-electron chi connectivity index (χ0n) is 13.6. The number of anilines is 1. The van der Waals surface area contributed by atoms with Crippen LogP contribution in [0.2, 0.25) is 0 Å². The highest BCUT2D eigenvalue weighted by Gasteiger charge is 2.20. The van der Waals surface area contributed by atoms with Gasteiger partial charge in [0.1, 0.15) is 0 Å². The summed E-state index contributed by atoms with van der Waals surface area (Å²) in [6, 6.07) is 6.78. The van der Waals surface area contributed by atoms with E-state index in [0.29, 0.717) is 0 Å². The minimum absolute atomic E-state index is 0.156. The van der Waals surface area contributed by atoms with E-state index in [2.05, 4.69) is 83.8 Å². The Bertz CT molecular complexity index is 470. The van der Waals surface area contributed by atoms with E-state index in [1.165, 1.54) is 34.4 Å². The van der Waals surface area contributed by atoms with Crippen molar-refractivity contribution in [1.82, 2.24) is 5.32 Å². The van der Waals surface area contributed by atoms with Gasteiger partial charge in [-0.25, -0.2) is 0 Å². The lowest BCUT2D eigenvalue weighted by molar-refractivity contribution is 0.424. The highest BCUT2D eigenvalue weighted by Crippen LogP contribution is 2.32. The van der Waals surface area contributed by atoms with E-state index < -0.39 is 0 Å². The van der Waals surface area contributed by atoms with Gasteiger partial charge in [-0.15, -0.1) is 0 Å². The van der Waals surface area contributed by atoms with Crippen LogP contribution >= 0.6 is 27.7 Å². The lowest BCUT2D eigenvalue weighted by Crippen LogP contribution is -2.38. The molecule has 0 amide bonds. The summed E-state index contributed by atoms with van der Waals surface area (Å²) in [6.07, 6.45) is 1.26. The third-order valence-corrected chi connectivity index (χ3v) is 5.78. The third kappa shape index (κ3) is 5.19. The van der Waals surface area contributed by atoms with Crippen molar-refractivity contribution in [3.63, 3.8) is 0 Å². The summed E-state index contributed by atoms with van der Waals surface area (Å²) in [5.74, 6) is 1.23. The minimum atomic E-state index is 0.156. The van der Waals surface area contributed by atoms with Gasteiger partial charge in [0, 0.05) is 40.6 Å². The highest BCUT2D eigenvalue weighted by molar-refractivity contribution is 9.10. The molecule has 1 heterocycles. The van der Waals surface area contributed by atoms with Crippen molar-refractivity contribution in [2.45, 2.75) is 51.4 Å². The summed E-state index contributed by atoms with van der Waals surface area (Å²) >= 11 is 5.88. The average molecular weight is 371 g/mol. The standard InChI is InChI=1S/C17H27BrN2S/c1-5-14-12-20(8-9-21-14)16-7-6-13(10-15(16)18)11-19-17(2,3)4/h6-7,10,14,19H,5,8-9,11-12H2,1-4H3. The van der Waals surface area contributed by atoms with Gasteiger partial charge in [0.05, 0.1) is 5.69 Å². The first-order valence-electron chi connectivity index (χ1n) is 7.79. The average Bonchev–Trinajstić information content (AvgIpc) is 2.44. The zero-order chi connectivity index (χ0) is 15.5. The number of nitrogens with one attached hydrogen (secondary N) is 1. The van der Waals surface area contributed by atoms with E-state index in [1.807, 2.05) is 0 Å². The van der Waals surface area contributed by atoms with Crippen LogP contribution in [0.1, 0.15) is 39.7 Å². The van der Waals surface area contributed by atoms with Gasteiger partial charge in [0.2, 0.25) is 0 Å². The molecule has 118 valence electrons. The Morgan fingerprint density at radius 1 is 1.38 bits per heavy atom. The van der Waals surface area contributed by atoms with Crippen LogP contribution in [0.15, 0.2) is 22.7 Å². The molecular formula is C17H27BrN2S. The summed E-state index contributed by atoms with van der Waals surface area (Å²) in [5.41, 5.74) is 2.83. The predicted octanol–water partition coefficient (Wildman–Crippen LogP) is 4.67. The Labute approximate surface area is 142 Å². The Kier molecular flexibility index (Phi) is 6.04. The van der Waals surface area contributed by atoms with E-state index in [9.17, 15) is 0 Å². The van der Waals surface area contributed by atoms with E-state index >= 15 is 0 Å². The van der Waals surface area contributed by atoms with Crippen molar-refractivity contribution in [2.24, 2.45) is 0 Å². The summed E-state index contributed by atoms with van der Waals surface area (Å²) in [5, 5.41) is 4.31. The van der Waals surface area contributed by atoms with Gasteiger partial charge < -0.3 is 10.2 Å². The summed E-state index contributed by atoms with van der Waals surface area (Å²) in [4.78, 5) is 2.52. The molecule has 1 atom stereocenters. The monoisotopic (exact) mass is 370 g/mol. The first kappa shape index (κ1) is 17.2. The normalized spacial score (nSPS) is 19.9. The lowest BCUT2D eigenvalue weighted by Gasteiger charge is -2.34. The fourth-order valence-electron chi connectivity index (χ4n) is 2.47. The molecule has 0 aromatic heterocycles. The number of benzene rings is 1. The van der Waals surface area contributed by atoms with Crippen molar-refractivity contribution in [3.8, 4) is 0 Å². The van der Waals surface area contributed by atoms with E-state index in [0.717, 1.165) is 18.3 Å². The zero-order valence-corrected chi connectivity index (χ0v) is 16.0. The molecule has 1 aliphatic heterocycles. The van der Waals surface area contributed by atoms with E-state index in [4.69, 9.17) is 0 Å². The van der Waals surface area contributed by atoms with E-state index in [-0.39, 0.29) is 5.54 Å². The Morgan fingerprint density at radius 3 is 2.76 bits per heavy atom. The maximum absolute atomic E-state index is 3.77. The van der Waals surface area contributed by atoms with Crippen molar-refractivity contribution < 1.29 is 0 Å². The van der Waals surface area contributed by atoms with Crippen molar-refractivity contribution in [1.29, 1.82) is 0 Å². The molecule has 1 aromatic carbocycles. The van der Waals surface area contributed by atoms with Gasteiger partial charge >= 0.3 is 0 Å². The summed E-state index contributed by atoms with van der Waals surface area (Å²) < 4.78 is 1.22. The number of rotatable bonds is 4. The fourth-order valence-corrected chi connectivity index (χ4v) is 4.33. The molecule has 0 aliphatic carbocycles. The molecular weight excluding hydrogens is 344 g/mol. The predicted molar refractivity (Wildman–Crippen MR) is 99.5 cm³/mol. The largest absolute Gasteiger partial charge is 0.369 e. The van der Waals surface area contributed by atoms with Gasteiger partial charge in [0.15, 0.2) is 0 Å². The maximum atomic E-state index is 3.77. The SMILES string of the molecule is CCC1CN(c2ccc(CNC(C)(C)C)cc2Br)CCS1. The van der Waals surface area contributed by atoms with Crippen LogP contribution in [-0.2, 0) is 6.54 Å². The first-order valence-corrected chi connectivity index (χ1v) is 9.63. The number of hydrogen-bond donors (Lipinski definition) is 1. The number of halogens is 1. The first-order chi connectivity index (χ1) is 9.89. The second-order valence-corrected chi connectivity index (χ2v) is 9.00. The molecule has 0 saturated carbocycles. The second kappa shape index (κ2) is 7.38. The molecule has 0 spiro atoms. The van der Waals surface area contributed by atoms with Gasteiger partial charge in [-0.1, -0.05) is 13.0 Å². The van der Waals surface area contributed by atoms with Crippen LogP contribution in [0.3, 0.4) is 0 Å². The van der Waals surface area contributed by atoms with Crippen molar-refractivity contribution in [3.05, 3.63) is 28.2 Å². The van der Waals surface area contributed by atoms with Crippen LogP contribution in [0.5, 0.6) is 0 Å². The van der Waals surface area contributed by atoms with Crippen molar-refractivity contribution >= 4 is 33.4 Å². The lowest BCUT2D eigenvalue weighted by atomic mass is 10.1. The molecule has 21 heavy (non-hydrogen) atoms. The molecule has 4 heteroatoms. The smallest absolute Gasteiger partial charge is 0.0511 e. The third-order valence-electron chi connectivity index (χ3n) is 3.77. The summed E-state index contributed by atoms with van der Waals surface area (Å²) in [7, 11) is 0.